The second kappa shape index (κ2) is 13.4. The first-order valence-electron chi connectivity index (χ1n) is 9.30. The Balaban J connectivity index is 4.85. The van der Waals surface area contributed by atoms with Crippen molar-refractivity contribution >= 4 is 29.7 Å². The molecule has 0 radical (unpaired) electrons. The van der Waals surface area contributed by atoms with E-state index in [1.807, 2.05) is 0 Å². The highest BCUT2D eigenvalue weighted by atomic mass is 16.4. The minimum atomic E-state index is -1.23. The van der Waals surface area contributed by atoms with Gasteiger partial charge in [0.2, 0.25) is 17.7 Å². The van der Waals surface area contributed by atoms with E-state index in [0.29, 0.717) is 19.4 Å². The molecule has 0 aliphatic heterocycles. The first kappa shape index (κ1) is 26.3. The largest absolute Gasteiger partial charge is 0.480 e. The summed E-state index contributed by atoms with van der Waals surface area (Å²) in [5.74, 6) is -4.31. The zero-order valence-corrected chi connectivity index (χ0v) is 16.6. The molecule has 0 aromatic rings. The molecule has 4 atom stereocenters. The minimum Gasteiger partial charge on any atom is -0.480 e. The van der Waals surface area contributed by atoms with E-state index in [0.717, 1.165) is 0 Å². The van der Waals surface area contributed by atoms with E-state index in [1.165, 1.54) is 13.8 Å². The maximum absolute atomic E-state index is 12.5. The molecule has 0 aliphatic rings. The van der Waals surface area contributed by atoms with E-state index in [2.05, 4.69) is 16.0 Å². The number of aliphatic carboxylic acids is 2. The average molecular weight is 417 g/mol. The van der Waals surface area contributed by atoms with Crippen LogP contribution < -0.4 is 27.4 Å². The number of rotatable bonds is 14. The van der Waals surface area contributed by atoms with Gasteiger partial charge < -0.3 is 37.6 Å². The topological polar surface area (TPSA) is 214 Å². The quantitative estimate of drug-likeness (QED) is 0.154. The van der Waals surface area contributed by atoms with Gasteiger partial charge in [-0.25, -0.2) is 0 Å². The molecule has 0 aromatic heterocycles. The lowest BCUT2D eigenvalue weighted by atomic mass is 10.1. The van der Waals surface area contributed by atoms with Crippen LogP contribution in [0, 0.1) is 0 Å². The molecule has 166 valence electrons. The summed E-state index contributed by atoms with van der Waals surface area (Å²) in [5, 5.41) is 24.7. The summed E-state index contributed by atoms with van der Waals surface area (Å²) in [6.45, 7) is 3.07. The summed E-state index contributed by atoms with van der Waals surface area (Å²) < 4.78 is 0. The van der Waals surface area contributed by atoms with Crippen molar-refractivity contribution < 1.29 is 34.2 Å². The standard InChI is InChI=1S/C17H31N5O7/c1-9(14(24)21-10(2)16(26)27)20-15(25)12(5-3-4-8-18)22-13(23)7-6-11(19)17(28)29/h9-12H,3-8,18-19H2,1-2H3,(H,20,25)(H,21,24)(H,22,23)(H,26,27)(H,28,29)/t9-,10-,11+,12+/m1/s1. The zero-order valence-electron chi connectivity index (χ0n) is 16.6. The monoisotopic (exact) mass is 417 g/mol. The van der Waals surface area contributed by atoms with Crippen molar-refractivity contribution in [2.24, 2.45) is 11.5 Å². The van der Waals surface area contributed by atoms with Crippen molar-refractivity contribution in [1.82, 2.24) is 16.0 Å². The van der Waals surface area contributed by atoms with Crippen LogP contribution in [0.4, 0.5) is 0 Å². The number of unbranched alkanes of at least 4 members (excludes halogenated alkanes) is 1. The Labute approximate surface area is 168 Å². The third kappa shape index (κ3) is 11.0. The van der Waals surface area contributed by atoms with E-state index in [4.69, 9.17) is 21.7 Å². The fraction of sp³-hybridized carbons (Fsp3) is 0.706. The van der Waals surface area contributed by atoms with E-state index < -0.39 is 53.8 Å². The van der Waals surface area contributed by atoms with Gasteiger partial charge in [0, 0.05) is 6.42 Å². The van der Waals surface area contributed by atoms with Crippen LogP contribution in [0.3, 0.4) is 0 Å². The fourth-order valence-electron chi connectivity index (χ4n) is 2.22. The smallest absolute Gasteiger partial charge is 0.325 e. The van der Waals surface area contributed by atoms with Crippen LogP contribution in [-0.4, -0.2) is 70.6 Å². The Morgan fingerprint density at radius 2 is 1.41 bits per heavy atom. The Morgan fingerprint density at radius 1 is 0.828 bits per heavy atom. The number of hydrogen-bond acceptors (Lipinski definition) is 7. The van der Waals surface area contributed by atoms with Crippen molar-refractivity contribution in [2.45, 2.75) is 70.1 Å². The van der Waals surface area contributed by atoms with Gasteiger partial charge in [0.05, 0.1) is 0 Å². The van der Waals surface area contributed by atoms with Crippen molar-refractivity contribution in [2.75, 3.05) is 6.54 Å². The van der Waals surface area contributed by atoms with Crippen LogP contribution in [0.5, 0.6) is 0 Å². The highest BCUT2D eigenvalue weighted by Crippen LogP contribution is 2.04. The highest BCUT2D eigenvalue weighted by Gasteiger charge is 2.26. The number of carboxylic acids is 2. The summed E-state index contributed by atoms with van der Waals surface area (Å²) >= 11 is 0. The normalized spacial score (nSPS) is 14.8. The van der Waals surface area contributed by atoms with E-state index in [9.17, 15) is 24.0 Å². The molecule has 0 spiro atoms. The number of carbonyl (C=O) groups excluding carboxylic acids is 3. The van der Waals surface area contributed by atoms with Gasteiger partial charge in [-0.1, -0.05) is 0 Å². The lowest BCUT2D eigenvalue weighted by Crippen LogP contribution is -2.54. The van der Waals surface area contributed by atoms with Gasteiger partial charge in [-0.05, 0) is 46.1 Å². The average Bonchev–Trinajstić information content (AvgIpc) is 2.64. The van der Waals surface area contributed by atoms with Gasteiger partial charge in [0.1, 0.15) is 24.2 Å². The number of carbonyl (C=O) groups is 5. The predicted molar refractivity (Wildman–Crippen MR) is 103 cm³/mol. The Kier molecular flexibility index (Phi) is 12.2. The van der Waals surface area contributed by atoms with Gasteiger partial charge in [-0.15, -0.1) is 0 Å². The van der Waals surface area contributed by atoms with E-state index in [-0.39, 0.29) is 19.3 Å². The molecule has 0 aliphatic carbocycles. The van der Waals surface area contributed by atoms with Crippen molar-refractivity contribution in [3.63, 3.8) is 0 Å². The molecule has 9 N–H and O–H groups in total. The SMILES string of the molecule is C[C@@H](NC(=O)[C@@H](C)NC(=O)[C@H](CCCCN)NC(=O)CC[C@H](N)C(=O)O)C(=O)O. The molecule has 3 amide bonds. The molecule has 0 rings (SSSR count). The van der Waals surface area contributed by atoms with Crippen molar-refractivity contribution in [1.29, 1.82) is 0 Å². The summed E-state index contributed by atoms with van der Waals surface area (Å²) in [5.41, 5.74) is 10.8. The molecule has 0 unspecified atom stereocenters. The fourth-order valence-corrected chi connectivity index (χ4v) is 2.22. The van der Waals surface area contributed by atoms with Crippen LogP contribution in [0.2, 0.25) is 0 Å². The van der Waals surface area contributed by atoms with E-state index in [1.54, 1.807) is 0 Å². The number of nitrogens with one attached hydrogen (secondary N) is 3. The van der Waals surface area contributed by atoms with Crippen LogP contribution in [0.15, 0.2) is 0 Å². The van der Waals surface area contributed by atoms with Crippen molar-refractivity contribution in [3.05, 3.63) is 0 Å². The number of carboxylic acid groups (broad SMARTS) is 2. The predicted octanol–water partition coefficient (Wildman–Crippen LogP) is -2.11. The van der Waals surface area contributed by atoms with Gasteiger partial charge in [-0.3, -0.25) is 24.0 Å². The van der Waals surface area contributed by atoms with Crippen molar-refractivity contribution in [3.8, 4) is 0 Å². The molecule has 0 heterocycles. The maximum atomic E-state index is 12.5. The first-order chi connectivity index (χ1) is 13.5. The third-order valence-corrected chi connectivity index (χ3v) is 4.08. The summed E-state index contributed by atoms with van der Waals surface area (Å²) in [7, 11) is 0. The second-order valence-electron chi connectivity index (χ2n) is 6.69. The van der Waals surface area contributed by atoms with Crippen LogP contribution in [-0.2, 0) is 24.0 Å². The van der Waals surface area contributed by atoms with E-state index >= 15 is 0 Å². The number of amides is 3. The molecule has 29 heavy (non-hydrogen) atoms. The number of nitrogens with two attached hydrogens (primary N) is 2. The molecule has 0 aromatic carbocycles. The molecular weight excluding hydrogens is 386 g/mol. The molecule has 0 bridgehead atoms. The summed E-state index contributed by atoms with van der Waals surface area (Å²) in [6.07, 6.45) is 1.15. The van der Waals surface area contributed by atoms with Crippen LogP contribution in [0.1, 0.15) is 46.0 Å². The Hall–Kier alpha value is -2.73. The lowest BCUT2D eigenvalue weighted by molar-refractivity contribution is -0.142. The van der Waals surface area contributed by atoms with Gasteiger partial charge in [-0.2, -0.15) is 0 Å². The zero-order chi connectivity index (χ0) is 22.6. The Morgan fingerprint density at radius 3 is 1.93 bits per heavy atom. The molecule has 0 saturated heterocycles. The molecule has 12 heteroatoms. The summed E-state index contributed by atoms with van der Waals surface area (Å²) in [6, 6.07) is -4.30. The molecular formula is C17H31N5O7. The summed E-state index contributed by atoms with van der Waals surface area (Å²) in [4.78, 5) is 58.0. The molecule has 0 fully saturated rings. The highest BCUT2D eigenvalue weighted by molar-refractivity contribution is 5.93. The maximum Gasteiger partial charge on any atom is 0.325 e. The Bertz CT molecular complexity index is 599. The number of hydrogen-bond donors (Lipinski definition) is 7. The third-order valence-electron chi connectivity index (χ3n) is 4.08. The second-order valence-corrected chi connectivity index (χ2v) is 6.69. The van der Waals surface area contributed by atoms with Crippen LogP contribution >= 0.6 is 0 Å². The van der Waals surface area contributed by atoms with Gasteiger partial charge in [0.25, 0.3) is 0 Å². The minimum absolute atomic E-state index is 0.0931. The van der Waals surface area contributed by atoms with Gasteiger partial charge in [0.15, 0.2) is 0 Å². The van der Waals surface area contributed by atoms with Gasteiger partial charge >= 0.3 is 11.9 Å². The van der Waals surface area contributed by atoms with Crippen LogP contribution in [0.25, 0.3) is 0 Å². The lowest BCUT2D eigenvalue weighted by Gasteiger charge is -2.22. The first-order valence-corrected chi connectivity index (χ1v) is 9.30. The molecule has 12 nitrogen and oxygen atoms in total. The molecule has 0 saturated carbocycles.